The van der Waals surface area contributed by atoms with Crippen molar-refractivity contribution in [2.45, 2.75) is 24.6 Å². The standard InChI is InChI=1S/C12H16ClNO2S/c13-11-4-1-3-10(7-11)8-14-9-12-5-2-6-17(12,15)16/h1,3-4,7,12,14H,2,5-6,8-9H2/t12-/m1/s1. The van der Waals surface area contributed by atoms with E-state index < -0.39 is 9.84 Å². The first kappa shape index (κ1) is 12.9. The van der Waals surface area contributed by atoms with Crippen LogP contribution in [0.1, 0.15) is 18.4 Å². The molecule has 94 valence electrons. The fraction of sp³-hybridized carbons (Fsp3) is 0.500. The van der Waals surface area contributed by atoms with Gasteiger partial charge in [0.25, 0.3) is 0 Å². The molecule has 0 spiro atoms. The van der Waals surface area contributed by atoms with Crippen molar-refractivity contribution in [2.75, 3.05) is 12.3 Å². The fourth-order valence-electron chi connectivity index (χ4n) is 2.11. The van der Waals surface area contributed by atoms with Gasteiger partial charge in [0.15, 0.2) is 9.84 Å². The lowest BCUT2D eigenvalue weighted by Crippen LogP contribution is -2.30. The second kappa shape index (κ2) is 5.38. The van der Waals surface area contributed by atoms with Crippen LogP contribution in [0, 0.1) is 0 Å². The van der Waals surface area contributed by atoms with Gasteiger partial charge in [-0.25, -0.2) is 8.42 Å². The van der Waals surface area contributed by atoms with Crippen LogP contribution in [-0.2, 0) is 16.4 Å². The molecule has 5 heteroatoms. The van der Waals surface area contributed by atoms with Crippen LogP contribution >= 0.6 is 11.6 Å². The lowest BCUT2D eigenvalue weighted by atomic mass is 10.2. The molecule has 0 aliphatic carbocycles. The Balaban J connectivity index is 1.84. The maximum atomic E-state index is 11.6. The molecule has 1 aromatic carbocycles. The van der Waals surface area contributed by atoms with Gasteiger partial charge in [0.1, 0.15) is 0 Å². The molecule has 1 fully saturated rings. The molecule has 3 nitrogen and oxygen atoms in total. The van der Waals surface area contributed by atoms with Gasteiger partial charge < -0.3 is 5.32 Å². The van der Waals surface area contributed by atoms with Gasteiger partial charge in [0, 0.05) is 18.1 Å². The van der Waals surface area contributed by atoms with Crippen molar-refractivity contribution in [3.8, 4) is 0 Å². The maximum absolute atomic E-state index is 11.6. The van der Waals surface area contributed by atoms with E-state index >= 15 is 0 Å². The van der Waals surface area contributed by atoms with Crippen LogP contribution in [0.3, 0.4) is 0 Å². The van der Waals surface area contributed by atoms with Crippen LogP contribution in [0.25, 0.3) is 0 Å². The third kappa shape index (κ3) is 3.44. The largest absolute Gasteiger partial charge is 0.311 e. The molecule has 17 heavy (non-hydrogen) atoms. The first-order chi connectivity index (χ1) is 8.08. The lowest BCUT2D eigenvalue weighted by Gasteiger charge is -2.10. The van der Waals surface area contributed by atoms with Gasteiger partial charge in [-0.3, -0.25) is 0 Å². The van der Waals surface area contributed by atoms with Crippen molar-refractivity contribution in [3.63, 3.8) is 0 Å². The van der Waals surface area contributed by atoms with Gasteiger partial charge in [0.2, 0.25) is 0 Å². The number of hydrogen-bond donors (Lipinski definition) is 1. The molecule has 0 aromatic heterocycles. The van der Waals surface area contributed by atoms with Crippen LogP contribution in [-0.4, -0.2) is 26.0 Å². The molecule has 1 aliphatic rings. The Kier molecular flexibility index (Phi) is 4.07. The van der Waals surface area contributed by atoms with Crippen molar-refractivity contribution >= 4 is 21.4 Å². The van der Waals surface area contributed by atoms with E-state index in [4.69, 9.17) is 11.6 Å². The maximum Gasteiger partial charge on any atom is 0.154 e. The van der Waals surface area contributed by atoms with Crippen LogP contribution in [0.5, 0.6) is 0 Å². The summed E-state index contributed by atoms with van der Waals surface area (Å²) < 4.78 is 23.2. The van der Waals surface area contributed by atoms with Crippen molar-refractivity contribution < 1.29 is 8.42 Å². The molecule has 1 heterocycles. The molecule has 0 unspecified atom stereocenters. The quantitative estimate of drug-likeness (QED) is 0.913. The summed E-state index contributed by atoms with van der Waals surface area (Å²) in [6.45, 7) is 1.20. The van der Waals surface area contributed by atoms with Gasteiger partial charge in [-0.15, -0.1) is 0 Å². The van der Waals surface area contributed by atoms with E-state index in [1.807, 2.05) is 24.3 Å². The normalized spacial score (nSPS) is 22.8. The van der Waals surface area contributed by atoms with Crippen molar-refractivity contribution in [1.29, 1.82) is 0 Å². The second-order valence-corrected chi connectivity index (χ2v) is 7.23. The number of nitrogens with one attached hydrogen (secondary N) is 1. The Morgan fingerprint density at radius 1 is 1.41 bits per heavy atom. The zero-order chi connectivity index (χ0) is 12.3. The fourth-order valence-corrected chi connectivity index (χ4v) is 4.12. The van der Waals surface area contributed by atoms with E-state index in [0.717, 1.165) is 18.4 Å². The number of benzene rings is 1. The van der Waals surface area contributed by atoms with Crippen molar-refractivity contribution in [1.82, 2.24) is 5.32 Å². The molecule has 1 atom stereocenters. The third-order valence-corrected chi connectivity index (χ3v) is 5.56. The highest BCUT2D eigenvalue weighted by Gasteiger charge is 2.30. The smallest absolute Gasteiger partial charge is 0.154 e. The molecule has 0 amide bonds. The van der Waals surface area contributed by atoms with Gasteiger partial charge in [-0.05, 0) is 30.5 Å². The Hall–Kier alpha value is -0.580. The van der Waals surface area contributed by atoms with Crippen LogP contribution in [0.4, 0.5) is 0 Å². The summed E-state index contributed by atoms with van der Waals surface area (Å²) in [7, 11) is -2.84. The summed E-state index contributed by atoms with van der Waals surface area (Å²) in [5.41, 5.74) is 1.08. The second-order valence-electron chi connectivity index (χ2n) is 4.39. The van der Waals surface area contributed by atoms with E-state index in [1.54, 1.807) is 0 Å². The summed E-state index contributed by atoms with van der Waals surface area (Å²) in [6, 6.07) is 7.58. The summed E-state index contributed by atoms with van der Waals surface area (Å²) in [5, 5.41) is 3.69. The van der Waals surface area contributed by atoms with Gasteiger partial charge in [-0.2, -0.15) is 0 Å². The minimum absolute atomic E-state index is 0.207. The molecule has 1 aromatic rings. The molecule has 1 N–H and O–H groups in total. The summed E-state index contributed by atoms with van der Waals surface area (Å²) in [6.07, 6.45) is 1.58. The number of halogens is 1. The molecule has 0 saturated carbocycles. The highest BCUT2D eigenvalue weighted by Crippen LogP contribution is 2.19. The molecule has 0 radical (unpaired) electrons. The Morgan fingerprint density at radius 3 is 2.88 bits per heavy atom. The topological polar surface area (TPSA) is 46.2 Å². The monoisotopic (exact) mass is 273 g/mol. The van der Waals surface area contributed by atoms with Gasteiger partial charge in [-0.1, -0.05) is 23.7 Å². The first-order valence-electron chi connectivity index (χ1n) is 5.75. The summed E-state index contributed by atoms with van der Waals surface area (Å²) in [5.74, 6) is 0.344. The third-order valence-electron chi connectivity index (χ3n) is 3.05. The summed E-state index contributed by atoms with van der Waals surface area (Å²) in [4.78, 5) is 0. The van der Waals surface area contributed by atoms with E-state index in [-0.39, 0.29) is 5.25 Å². The number of sulfone groups is 1. The zero-order valence-corrected chi connectivity index (χ0v) is 11.1. The van der Waals surface area contributed by atoms with E-state index in [0.29, 0.717) is 23.9 Å². The molecule has 1 saturated heterocycles. The van der Waals surface area contributed by atoms with Crippen molar-refractivity contribution in [3.05, 3.63) is 34.9 Å². The van der Waals surface area contributed by atoms with Crippen LogP contribution < -0.4 is 5.32 Å². The van der Waals surface area contributed by atoms with Crippen LogP contribution in [0.2, 0.25) is 5.02 Å². The highest BCUT2D eigenvalue weighted by molar-refractivity contribution is 7.92. The zero-order valence-electron chi connectivity index (χ0n) is 9.52. The molecular formula is C12H16ClNO2S. The van der Waals surface area contributed by atoms with Gasteiger partial charge in [0.05, 0.1) is 11.0 Å². The van der Waals surface area contributed by atoms with Crippen LogP contribution in [0.15, 0.2) is 24.3 Å². The highest BCUT2D eigenvalue weighted by atomic mass is 35.5. The number of hydrogen-bond acceptors (Lipinski definition) is 3. The minimum atomic E-state index is -2.84. The number of rotatable bonds is 4. The molecular weight excluding hydrogens is 258 g/mol. The average molecular weight is 274 g/mol. The SMILES string of the molecule is O=S1(=O)CCC[C@@H]1CNCc1cccc(Cl)c1. The lowest BCUT2D eigenvalue weighted by molar-refractivity contribution is 0.574. The van der Waals surface area contributed by atoms with E-state index in [9.17, 15) is 8.42 Å². The first-order valence-corrected chi connectivity index (χ1v) is 7.84. The Labute approximate surface area is 107 Å². The average Bonchev–Trinajstić information content (AvgIpc) is 2.58. The predicted molar refractivity (Wildman–Crippen MR) is 70.0 cm³/mol. The van der Waals surface area contributed by atoms with Gasteiger partial charge >= 0.3 is 0 Å². The Bertz CT molecular complexity index is 487. The molecule has 2 rings (SSSR count). The van der Waals surface area contributed by atoms with Crippen molar-refractivity contribution in [2.24, 2.45) is 0 Å². The Morgan fingerprint density at radius 2 is 2.24 bits per heavy atom. The molecule has 1 aliphatic heterocycles. The predicted octanol–water partition coefficient (Wildman–Crippen LogP) is 2.01. The summed E-state index contributed by atoms with van der Waals surface area (Å²) >= 11 is 5.87. The van der Waals surface area contributed by atoms with E-state index in [2.05, 4.69) is 5.32 Å². The minimum Gasteiger partial charge on any atom is -0.311 e. The molecule has 0 bridgehead atoms. The van der Waals surface area contributed by atoms with E-state index in [1.165, 1.54) is 0 Å².